The highest BCUT2D eigenvalue weighted by Gasteiger charge is 2.45. The zero-order chi connectivity index (χ0) is 22.2. The van der Waals surface area contributed by atoms with Gasteiger partial charge in [0.05, 0.1) is 29.0 Å². The number of aromatic nitrogens is 2. The number of hydrogen-bond donors (Lipinski definition) is 2. The summed E-state index contributed by atoms with van der Waals surface area (Å²) in [6.45, 7) is 2.86. The molecule has 1 aromatic carbocycles. The van der Waals surface area contributed by atoms with Gasteiger partial charge in [-0.2, -0.15) is 0 Å². The number of aryl methyl sites for hydroxylation is 1. The number of ether oxygens (including phenoxy) is 1. The van der Waals surface area contributed by atoms with E-state index in [1.54, 1.807) is 17.6 Å². The maximum Gasteiger partial charge on any atom is 0.343 e. The Morgan fingerprint density at radius 3 is 2.91 bits per heavy atom. The van der Waals surface area contributed by atoms with Gasteiger partial charge in [0.1, 0.15) is 6.61 Å². The van der Waals surface area contributed by atoms with Crippen molar-refractivity contribution in [2.75, 3.05) is 12.8 Å². The molecule has 2 N–H and O–H groups in total. The van der Waals surface area contributed by atoms with Crippen molar-refractivity contribution in [3.8, 4) is 11.4 Å². The van der Waals surface area contributed by atoms with Gasteiger partial charge in [0.25, 0.3) is 5.56 Å². The van der Waals surface area contributed by atoms with Crippen LogP contribution in [0.2, 0.25) is 0 Å². The number of carbonyl (C=O) groups excluding carboxylic acids is 1. The molecule has 0 radical (unpaired) electrons. The highest BCUT2D eigenvalue weighted by atomic mass is 32.2. The zero-order valence-electron chi connectivity index (χ0n) is 17.9. The average molecular weight is 450 g/mol. The largest absolute Gasteiger partial charge is 0.458 e. The topological polar surface area (TPSA) is 93.5 Å². The molecule has 0 fully saturated rings. The Morgan fingerprint density at radius 2 is 2.12 bits per heavy atom. The van der Waals surface area contributed by atoms with E-state index in [1.165, 1.54) is 21.4 Å². The Bertz CT molecular complexity index is 1400. The van der Waals surface area contributed by atoms with Crippen molar-refractivity contribution in [1.29, 1.82) is 0 Å². The summed E-state index contributed by atoms with van der Waals surface area (Å²) in [6.07, 6.45) is 1.06. The number of hydrogen-bond acceptors (Lipinski definition) is 7. The number of pyridine rings is 2. The molecule has 32 heavy (non-hydrogen) atoms. The van der Waals surface area contributed by atoms with Crippen LogP contribution in [0.5, 0.6) is 0 Å². The van der Waals surface area contributed by atoms with E-state index in [1.807, 2.05) is 18.8 Å². The number of carbonyl (C=O) groups is 1. The zero-order valence-corrected chi connectivity index (χ0v) is 18.8. The number of thioether (sulfide) groups is 1. The molecule has 3 aromatic rings. The van der Waals surface area contributed by atoms with Crippen LogP contribution < -0.4 is 10.9 Å². The molecule has 0 spiro atoms. The normalized spacial score (nSPS) is 20.7. The number of cyclic esters (lactones) is 1. The van der Waals surface area contributed by atoms with Crippen LogP contribution in [0.4, 0.5) is 0 Å². The minimum atomic E-state index is -1.80. The molecule has 0 aliphatic carbocycles. The van der Waals surface area contributed by atoms with Gasteiger partial charge in [-0.05, 0) is 43.1 Å². The summed E-state index contributed by atoms with van der Waals surface area (Å²) in [7, 11) is 1.95. The van der Waals surface area contributed by atoms with Crippen molar-refractivity contribution in [2.45, 2.75) is 50.0 Å². The van der Waals surface area contributed by atoms with Gasteiger partial charge < -0.3 is 19.7 Å². The Balaban J connectivity index is 1.63. The van der Waals surface area contributed by atoms with Gasteiger partial charge in [0.2, 0.25) is 0 Å². The van der Waals surface area contributed by atoms with Crippen LogP contribution in [0.1, 0.15) is 41.2 Å². The fourth-order valence-corrected chi connectivity index (χ4v) is 6.51. The third-order valence-corrected chi connectivity index (χ3v) is 8.13. The Morgan fingerprint density at radius 1 is 1.28 bits per heavy atom. The maximum atomic E-state index is 13.4. The predicted octanol–water partition coefficient (Wildman–Crippen LogP) is 2.45. The van der Waals surface area contributed by atoms with E-state index in [2.05, 4.69) is 17.4 Å². The molecule has 3 aliphatic heterocycles. The highest BCUT2D eigenvalue weighted by Crippen LogP contribution is 2.45. The van der Waals surface area contributed by atoms with Gasteiger partial charge in [-0.1, -0.05) is 13.0 Å². The fraction of sp³-hybridized carbons (Fsp3) is 0.375. The maximum absolute atomic E-state index is 13.4. The first-order chi connectivity index (χ1) is 15.5. The summed E-state index contributed by atoms with van der Waals surface area (Å²) in [5, 5.41) is 15.5. The summed E-state index contributed by atoms with van der Waals surface area (Å²) in [5.74, 6) is 0.286. The van der Waals surface area contributed by atoms with Crippen molar-refractivity contribution in [3.63, 3.8) is 0 Å². The highest BCUT2D eigenvalue weighted by molar-refractivity contribution is 7.99. The number of aliphatic hydroxyl groups is 1. The standard InChI is InChI=1S/C24H23N3O4S/c1-3-24(30)16-8-18-20-14(10-27(18)22(28)15(16)11-31-23(24)29)13-6-7-32-21-12(9-25-2)4-5-17(26-20)19(13)21/h4-5,8,25,30H,3,6-7,9-11H2,1-2H3/t24-/m0/s1. The molecule has 7 nitrogen and oxygen atoms in total. The van der Waals surface area contributed by atoms with Crippen LogP contribution in [-0.2, 0) is 41.2 Å². The lowest BCUT2D eigenvalue weighted by molar-refractivity contribution is -0.172. The van der Waals surface area contributed by atoms with Crippen molar-refractivity contribution >= 4 is 28.6 Å². The second kappa shape index (κ2) is 6.91. The first kappa shape index (κ1) is 20.0. The molecule has 0 saturated heterocycles. The van der Waals surface area contributed by atoms with E-state index in [0.717, 1.165) is 35.5 Å². The number of esters is 1. The van der Waals surface area contributed by atoms with Gasteiger partial charge in [-0.3, -0.25) is 4.79 Å². The molecule has 0 bridgehead atoms. The van der Waals surface area contributed by atoms with E-state index in [-0.39, 0.29) is 18.6 Å². The van der Waals surface area contributed by atoms with Crippen LogP contribution in [-0.4, -0.2) is 33.4 Å². The van der Waals surface area contributed by atoms with Crippen LogP contribution in [0.3, 0.4) is 0 Å². The second-order valence-corrected chi connectivity index (χ2v) is 9.70. The fourth-order valence-electron chi connectivity index (χ4n) is 5.30. The Labute approximate surface area is 188 Å². The van der Waals surface area contributed by atoms with Crippen molar-refractivity contribution in [3.05, 3.63) is 56.4 Å². The molecular formula is C24H23N3O4S. The molecule has 0 amide bonds. The SMILES string of the molecule is CC[C@@]1(O)C(=O)OCc2c1cc1n(c2=O)Cc2c-1nc1ccc(CNC)c3c1c2CCS3. The third kappa shape index (κ3) is 2.48. The van der Waals surface area contributed by atoms with Gasteiger partial charge in [0.15, 0.2) is 5.60 Å². The van der Waals surface area contributed by atoms with Gasteiger partial charge in [-0.25, -0.2) is 9.78 Å². The molecule has 164 valence electrons. The van der Waals surface area contributed by atoms with E-state index in [0.29, 0.717) is 23.4 Å². The number of nitrogens with one attached hydrogen (secondary N) is 1. The third-order valence-electron chi connectivity index (χ3n) is 6.97. The molecular weight excluding hydrogens is 426 g/mol. The predicted molar refractivity (Wildman–Crippen MR) is 122 cm³/mol. The molecule has 0 saturated carbocycles. The lowest BCUT2D eigenvalue weighted by atomic mass is 9.86. The Kier molecular flexibility index (Phi) is 4.31. The lowest BCUT2D eigenvalue weighted by Gasteiger charge is -2.31. The molecule has 8 heteroatoms. The Hall–Kier alpha value is -2.68. The molecule has 2 aromatic heterocycles. The average Bonchev–Trinajstić information content (AvgIpc) is 3.18. The van der Waals surface area contributed by atoms with E-state index >= 15 is 0 Å². The summed E-state index contributed by atoms with van der Waals surface area (Å²) in [4.78, 5) is 32.1. The molecule has 1 atom stereocenters. The molecule has 5 heterocycles. The van der Waals surface area contributed by atoms with Crippen molar-refractivity contribution < 1.29 is 14.6 Å². The summed E-state index contributed by atoms with van der Waals surface area (Å²) in [5.41, 5.74) is 4.67. The van der Waals surface area contributed by atoms with Gasteiger partial charge in [0, 0.05) is 33.7 Å². The number of fused-ring (bicyclic) bond motifs is 5. The van der Waals surface area contributed by atoms with E-state index in [9.17, 15) is 14.7 Å². The van der Waals surface area contributed by atoms with Crippen molar-refractivity contribution in [2.24, 2.45) is 0 Å². The van der Waals surface area contributed by atoms with Crippen LogP contribution in [0, 0.1) is 0 Å². The first-order valence-corrected chi connectivity index (χ1v) is 11.9. The monoisotopic (exact) mass is 449 g/mol. The minimum Gasteiger partial charge on any atom is -0.458 e. The quantitative estimate of drug-likeness (QED) is 0.464. The molecule has 3 aliphatic rings. The summed E-state index contributed by atoms with van der Waals surface area (Å²) >= 11 is 1.87. The summed E-state index contributed by atoms with van der Waals surface area (Å²) < 4.78 is 6.89. The summed E-state index contributed by atoms with van der Waals surface area (Å²) in [6, 6.07) is 5.96. The number of nitrogens with zero attached hydrogens (tertiary/aromatic N) is 2. The lowest BCUT2D eigenvalue weighted by Crippen LogP contribution is -2.44. The van der Waals surface area contributed by atoms with E-state index < -0.39 is 11.6 Å². The second-order valence-electron chi connectivity index (χ2n) is 8.60. The number of rotatable bonds is 3. The van der Waals surface area contributed by atoms with Gasteiger partial charge >= 0.3 is 5.97 Å². The van der Waals surface area contributed by atoms with Crippen molar-refractivity contribution in [1.82, 2.24) is 14.9 Å². The van der Waals surface area contributed by atoms with Gasteiger partial charge in [-0.15, -0.1) is 11.8 Å². The van der Waals surface area contributed by atoms with Crippen LogP contribution in [0.15, 0.2) is 27.9 Å². The molecule has 0 unspecified atom stereocenters. The molecule has 6 rings (SSSR count). The van der Waals surface area contributed by atoms with Crippen LogP contribution in [0.25, 0.3) is 22.3 Å². The minimum absolute atomic E-state index is 0.109. The number of benzene rings is 1. The van der Waals surface area contributed by atoms with E-state index in [4.69, 9.17) is 9.72 Å². The smallest absolute Gasteiger partial charge is 0.343 e. The van der Waals surface area contributed by atoms with Crippen LogP contribution >= 0.6 is 11.8 Å². The first-order valence-electron chi connectivity index (χ1n) is 10.9.